The molecule has 1 heterocycles. The van der Waals surface area contributed by atoms with Gasteiger partial charge in [-0.25, -0.2) is 5.43 Å². The first-order valence-electron chi connectivity index (χ1n) is 9.24. The molecule has 9 heteroatoms. The maximum absolute atomic E-state index is 12.2. The standard InChI is InChI=1S/C21H22ClIN2O3S2/c1-21(29-7-8-30-21)11-19(26)25-24-12-14-9-17(23)20(18(10-14)27-2)28-13-15-5-3-4-6-16(15)22/h3-6,9-10,12H,7-8,11,13H2,1-2H3,(H,25,26)/b24-12-. The fourth-order valence-electron chi connectivity index (χ4n) is 2.89. The van der Waals surface area contributed by atoms with E-state index in [2.05, 4.69) is 40.0 Å². The molecule has 1 fully saturated rings. The molecule has 3 rings (SSSR count). The van der Waals surface area contributed by atoms with E-state index >= 15 is 0 Å². The van der Waals surface area contributed by atoms with Crippen LogP contribution in [0.3, 0.4) is 0 Å². The number of methoxy groups -OCH3 is 1. The molecule has 160 valence electrons. The van der Waals surface area contributed by atoms with Crippen LogP contribution in [0.5, 0.6) is 11.5 Å². The lowest BCUT2D eigenvalue weighted by atomic mass is 10.2. The molecule has 1 amide bonds. The number of hydrazone groups is 1. The first-order chi connectivity index (χ1) is 14.4. The number of carbonyl (C=O) groups excluding carboxylic acids is 1. The Bertz CT molecular complexity index is 936. The summed E-state index contributed by atoms with van der Waals surface area (Å²) in [6.45, 7) is 2.44. The molecule has 0 bridgehead atoms. The van der Waals surface area contributed by atoms with Gasteiger partial charge < -0.3 is 9.47 Å². The van der Waals surface area contributed by atoms with E-state index in [1.165, 1.54) is 0 Å². The molecule has 30 heavy (non-hydrogen) atoms. The van der Waals surface area contributed by atoms with Gasteiger partial charge in [-0.2, -0.15) is 5.10 Å². The van der Waals surface area contributed by atoms with Crippen LogP contribution in [0.25, 0.3) is 0 Å². The van der Waals surface area contributed by atoms with Crippen molar-refractivity contribution in [3.05, 3.63) is 56.1 Å². The Hall–Kier alpha value is -1.10. The number of nitrogens with one attached hydrogen (secondary N) is 1. The van der Waals surface area contributed by atoms with Gasteiger partial charge in [-0.15, -0.1) is 23.5 Å². The number of ether oxygens (including phenoxy) is 2. The highest BCUT2D eigenvalue weighted by molar-refractivity contribution is 14.1. The van der Waals surface area contributed by atoms with Gasteiger partial charge in [-0.1, -0.05) is 29.8 Å². The summed E-state index contributed by atoms with van der Waals surface area (Å²) >= 11 is 12.1. The molecule has 2 aromatic carbocycles. The van der Waals surface area contributed by atoms with Gasteiger partial charge >= 0.3 is 0 Å². The Morgan fingerprint density at radius 1 is 1.33 bits per heavy atom. The van der Waals surface area contributed by atoms with Gasteiger partial charge in [0.05, 0.1) is 27.4 Å². The summed E-state index contributed by atoms with van der Waals surface area (Å²) in [6.07, 6.45) is 2.05. The second-order valence-corrected chi connectivity index (χ2v) is 11.7. The van der Waals surface area contributed by atoms with Gasteiger partial charge in [-0.05, 0) is 53.3 Å². The van der Waals surface area contributed by atoms with E-state index in [1.807, 2.05) is 59.9 Å². The van der Waals surface area contributed by atoms with Crippen molar-refractivity contribution in [2.75, 3.05) is 18.6 Å². The van der Waals surface area contributed by atoms with Crippen LogP contribution in [0, 0.1) is 3.57 Å². The second kappa shape index (κ2) is 11.0. The van der Waals surface area contributed by atoms with Gasteiger partial charge in [0.2, 0.25) is 5.91 Å². The highest BCUT2D eigenvalue weighted by Gasteiger charge is 2.32. The number of amides is 1. The quantitative estimate of drug-likeness (QED) is 0.253. The van der Waals surface area contributed by atoms with Crippen molar-refractivity contribution in [1.29, 1.82) is 0 Å². The summed E-state index contributed by atoms with van der Waals surface area (Å²) in [5.74, 6) is 3.31. The molecule has 1 aliphatic heterocycles. The average molecular weight is 577 g/mol. The van der Waals surface area contributed by atoms with Gasteiger partial charge in [0.15, 0.2) is 11.5 Å². The molecule has 0 radical (unpaired) electrons. The summed E-state index contributed by atoms with van der Waals surface area (Å²) < 4.78 is 12.3. The molecule has 0 aliphatic carbocycles. The van der Waals surface area contributed by atoms with Crippen LogP contribution in [-0.4, -0.2) is 34.8 Å². The molecule has 0 spiro atoms. The molecule has 5 nitrogen and oxygen atoms in total. The summed E-state index contributed by atoms with van der Waals surface area (Å²) in [7, 11) is 1.59. The van der Waals surface area contributed by atoms with Crippen LogP contribution >= 0.6 is 57.7 Å². The normalized spacial score (nSPS) is 15.3. The smallest absolute Gasteiger partial charge is 0.242 e. The predicted molar refractivity (Wildman–Crippen MR) is 135 cm³/mol. The molecule has 0 aromatic heterocycles. The molecule has 1 saturated heterocycles. The summed E-state index contributed by atoms with van der Waals surface area (Å²) in [5.41, 5.74) is 4.33. The van der Waals surface area contributed by atoms with Crippen molar-refractivity contribution < 1.29 is 14.3 Å². The van der Waals surface area contributed by atoms with Gasteiger partial charge in [0.25, 0.3) is 0 Å². The average Bonchev–Trinajstić information content (AvgIpc) is 3.13. The molecule has 0 atom stereocenters. The third-order valence-corrected chi connectivity index (χ3v) is 8.83. The van der Waals surface area contributed by atoms with E-state index in [4.69, 9.17) is 21.1 Å². The van der Waals surface area contributed by atoms with Crippen molar-refractivity contribution in [2.45, 2.75) is 24.0 Å². The van der Waals surface area contributed by atoms with Gasteiger partial charge in [0, 0.05) is 22.1 Å². The first-order valence-corrected chi connectivity index (χ1v) is 12.7. The van der Waals surface area contributed by atoms with Gasteiger partial charge in [-0.3, -0.25) is 4.79 Å². The zero-order valence-electron chi connectivity index (χ0n) is 16.6. The van der Waals surface area contributed by atoms with Crippen LogP contribution in [0.2, 0.25) is 5.02 Å². The number of hydrogen-bond donors (Lipinski definition) is 1. The minimum absolute atomic E-state index is 0.0567. The lowest BCUT2D eigenvalue weighted by molar-refractivity contribution is -0.121. The molecular formula is C21H22ClIN2O3S2. The van der Waals surface area contributed by atoms with Crippen LogP contribution in [0.4, 0.5) is 0 Å². The summed E-state index contributed by atoms with van der Waals surface area (Å²) in [4.78, 5) is 12.2. The highest BCUT2D eigenvalue weighted by atomic mass is 127. The van der Waals surface area contributed by atoms with E-state index < -0.39 is 0 Å². The molecule has 0 unspecified atom stereocenters. The van der Waals surface area contributed by atoms with Crippen LogP contribution in [0.1, 0.15) is 24.5 Å². The largest absolute Gasteiger partial charge is 0.493 e. The Morgan fingerprint density at radius 3 is 2.77 bits per heavy atom. The number of rotatable bonds is 8. The van der Waals surface area contributed by atoms with Crippen molar-refractivity contribution in [1.82, 2.24) is 5.43 Å². The minimum atomic E-state index is -0.0861. The number of halogens is 2. The predicted octanol–water partition coefficient (Wildman–Crippen LogP) is 5.57. The number of thioether (sulfide) groups is 2. The summed E-state index contributed by atoms with van der Waals surface area (Å²) in [5, 5.41) is 4.77. The monoisotopic (exact) mass is 576 g/mol. The maximum atomic E-state index is 12.2. The van der Waals surface area contributed by atoms with E-state index in [-0.39, 0.29) is 9.99 Å². The minimum Gasteiger partial charge on any atom is -0.493 e. The number of nitrogens with zero attached hydrogens (tertiary/aromatic N) is 1. The molecule has 2 aromatic rings. The number of hydrogen-bond acceptors (Lipinski definition) is 6. The summed E-state index contributed by atoms with van der Waals surface area (Å²) in [6, 6.07) is 11.3. The second-order valence-electron chi connectivity index (χ2n) is 6.71. The Balaban J connectivity index is 1.63. The SMILES string of the molecule is COc1cc(/C=N\NC(=O)CC2(C)SCCS2)cc(I)c1OCc1ccccc1Cl. The lowest BCUT2D eigenvalue weighted by Gasteiger charge is -2.19. The molecule has 0 saturated carbocycles. The fraction of sp³-hybridized carbons (Fsp3) is 0.333. The topological polar surface area (TPSA) is 59.9 Å². The Kier molecular flexibility index (Phi) is 8.62. The van der Waals surface area contributed by atoms with E-state index in [9.17, 15) is 4.79 Å². The van der Waals surface area contributed by atoms with Crippen molar-refractivity contribution in [3.63, 3.8) is 0 Å². The van der Waals surface area contributed by atoms with Crippen LogP contribution in [-0.2, 0) is 11.4 Å². The number of benzene rings is 2. The Morgan fingerprint density at radius 2 is 2.07 bits per heavy atom. The van der Waals surface area contributed by atoms with Crippen molar-refractivity contribution >= 4 is 69.8 Å². The van der Waals surface area contributed by atoms with E-state index in [0.29, 0.717) is 29.5 Å². The zero-order chi connectivity index (χ0) is 21.6. The number of carbonyl (C=O) groups is 1. The molecule has 1 aliphatic rings. The third kappa shape index (κ3) is 6.45. The fourth-order valence-corrected chi connectivity index (χ4v) is 6.69. The van der Waals surface area contributed by atoms with Crippen LogP contribution < -0.4 is 14.9 Å². The van der Waals surface area contributed by atoms with Gasteiger partial charge in [0.1, 0.15) is 6.61 Å². The lowest BCUT2D eigenvalue weighted by Crippen LogP contribution is -2.26. The van der Waals surface area contributed by atoms with Crippen molar-refractivity contribution in [3.8, 4) is 11.5 Å². The van der Waals surface area contributed by atoms with Crippen LogP contribution in [0.15, 0.2) is 41.5 Å². The maximum Gasteiger partial charge on any atom is 0.242 e. The molecule has 1 N–H and O–H groups in total. The Labute approximate surface area is 203 Å². The van der Waals surface area contributed by atoms with E-state index in [0.717, 1.165) is 26.2 Å². The first kappa shape index (κ1) is 23.6. The highest BCUT2D eigenvalue weighted by Crippen LogP contribution is 2.45. The van der Waals surface area contributed by atoms with Crippen molar-refractivity contribution in [2.24, 2.45) is 5.10 Å². The zero-order valence-corrected chi connectivity index (χ0v) is 21.2. The molecular weight excluding hydrogens is 555 g/mol. The third-order valence-electron chi connectivity index (χ3n) is 4.36. The van der Waals surface area contributed by atoms with E-state index in [1.54, 1.807) is 13.3 Å².